The summed E-state index contributed by atoms with van der Waals surface area (Å²) in [6, 6.07) is 2.29. The summed E-state index contributed by atoms with van der Waals surface area (Å²) < 4.78 is 81.1. The van der Waals surface area contributed by atoms with Crippen LogP contribution in [0.4, 0.5) is 32.0 Å². The molecule has 0 aliphatic heterocycles. The van der Waals surface area contributed by atoms with Gasteiger partial charge in [-0.25, -0.2) is 13.2 Å². The molecule has 2 atom stereocenters. The molecule has 0 radical (unpaired) electrons. The number of carbonyl (C=O) groups excluding carboxylic acids is 3. The molecule has 1 aliphatic carbocycles. The first-order valence-corrected chi connectivity index (χ1v) is 12.2. The van der Waals surface area contributed by atoms with Gasteiger partial charge in [-0.15, -0.1) is 0 Å². The first-order valence-electron chi connectivity index (χ1n) is 12.2. The number of aryl methyl sites for hydroxylation is 2. The van der Waals surface area contributed by atoms with Gasteiger partial charge in [0.15, 0.2) is 0 Å². The van der Waals surface area contributed by atoms with Crippen LogP contribution in [0.2, 0.25) is 0 Å². The van der Waals surface area contributed by atoms with Crippen molar-refractivity contribution in [3.05, 3.63) is 47.0 Å². The second kappa shape index (κ2) is 11.7. The van der Waals surface area contributed by atoms with Crippen LogP contribution in [-0.4, -0.2) is 52.2 Å². The van der Waals surface area contributed by atoms with Gasteiger partial charge in [-0.3, -0.25) is 19.1 Å². The lowest BCUT2D eigenvalue weighted by Crippen LogP contribution is -2.50. The molecule has 1 aromatic heterocycles. The molecule has 1 aromatic carbocycles. The summed E-state index contributed by atoms with van der Waals surface area (Å²) in [7, 11) is 1.51. The number of carbonyl (C=O) groups is 3. The standard InChI is InChI=1S/C25H29F6N5O3/c1-13-10-18(17(26)11-16(13)14(2)21(37)32-12-25(29,30)31)34-23(39)20(15-4-7-24(27,28)8-5-15)35-22(38)19-6-9-33-36(19)3/h6,9-11,14-15,20H,4-5,7-8,12H2,1-3H3,(H,32,37)(H,34,39)(H,35,38). The topological polar surface area (TPSA) is 105 Å². The molecule has 2 unspecified atom stereocenters. The number of amides is 3. The van der Waals surface area contributed by atoms with Crippen LogP contribution < -0.4 is 16.0 Å². The molecule has 14 heteroatoms. The van der Waals surface area contributed by atoms with Gasteiger partial charge in [-0.1, -0.05) is 0 Å². The number of benzene rings is 1. The van der Waals surface area contributed by atoms with E-state index in [2.05, 4.69) is 15.7 Å². The number of alkyl halides is 5. The monoisotopic (exact) mass is 561 g/mol. The quantitative estimate of drug-likeness (QED) is 0.420. The fourth-order valence-corrected chi connectivity index (χ4v) is 4.56. The molecule has 214 valence electrons. The maximum atomic E-state index is 15.0. The van der Waals surface area contributed by atoms with Crippen LogP contribution in [0, 0.1) is 18.7 Å². The van der Waals surface area contributed by atoms with Gasteiger partial charge in [0.25, 0.3) is 5.91 Å². The third kappa shape index (κ3) is 7.73. The number of halogens is 6. The molecule has 1 aliphatic rings. The van der Waals surface area contributed by atoms with Crippen molar-refractivity contribution < 1.29 is 40.7 Å². The van der Waals surface area contributed by atoms with Gasteiger partial charge in [-0.05, 0) is 61.9 Å². The minimum Gasteiger partial charge on any atom is -0.346 e. The summed E-state index contributed by atoms with van der Waals surface area (Å²) in [4.78, 5) is 38.2. The van der Waals surface area contributed by atoms with Gasteiger partial charge >= 0.3 is 6.18 Å². The Morgan fingerprint density at radius 1 is 1.15 bits per heavy atom. The molecule has 2 aromatic rings. The van der Waals surface area contributed by atoms with Crippen LogP contribution in [0.5, 0.6) is 0 Å². The highest BCUT2D eigenvalue weighted by Crippen LogP contribution is 2.38. The SMILES string of the molecule is Cc1cc(NC(=O)C(NC(=O)c2ccnn2C)C2CCC(F)(F)CC2)c(F)cc1C(C)C(=O)NCC(F)(F)F. The van der Waals surface area contributed by atoms with E-state index in [1.54, 1.807) is 5.32 Å². The maximum Gasteiger partial charge on any atom is 0.405 e. The Labute approximate surface area is 220 Å². The van der Waals surface area contributed by atoms with Crippen LogP contribution in [0.25, 0.3) is 0 Å². The molecule has 3 N–H and O–H groups in total. The highest BCUT2D eigenvalue weighted by atomic mass is 19.4. The number of hydrogen-bond donors (Lipinski definition) is 3. The average molecular weight is 562 g/mol. The van der Waals surface area contributed by atoms with E-state index in [-0.39, 0.29) is 29.8 Å². The fraction of sp³-hybridized carbons (Fsp3) is 0.520. The molecule has 1 fully saturated rings. The Morgan fingerprint density at radius 3 is 2.36 bits per heavy atom. The van der Waals surface area contributed by atoms with E-state index in [9.17, 15) is 36.3 Å². The summed E-state index contributed by atoms with van der Waals surface area (Å²) in [5, 5.41) is 10.6. The Balaban J connectivity index is 1.80. The van der Waals surface area contributed by atoms with E-state index in [1.807, 2.05) is 0 Å². The van der Waals surface area contributed by atoms with Gasteiger partial charge in [0.1, 0.15) is 24.1 Å². The molecule has 3 amide bonds. The van der Waals surface area contributed by atoms with Gasteiger partial charge in [-0.2, -0.15) is 18.3 Å². The number of aromatic nitrogens is 2. The lowest BCUT2D eigenvalue weighted by Gasteiger charge is -2.33. The molecule has 0 saturated heterocycles. The first kappa shape index (κ1) is 30.0. The number of nitrogens with zero attached hydrogens (tertiary/aromatic N) is 2. The van der Waals surface area contributed by atoms with E-state index in [0.717, 1.165) is 6.07 Å². The van der Waals surface area contributed by atoms with Crippen molar-refractivity contribution in [1.82, 2.24) is 20.4 Å². The Bertz CT molecular complexity index is 1220. The highest BCUT2D eigenvalue weighted by molar-refractivity contribution is 6.00. The van der Waals surface area contributed by atoms with Gasteiger partial charge in [0, 0.05) is 26.1 Å². The fourth-order valence-electron chi connectivity index (χ4n) is 4.56. The second-order valence-electron chi connectivity index (χ2n) is 9.72. The smallest absolute Gasteiger partial charge is 0.346 e. The lowest BCUT2D eigenvalue weighted by molar-refractivity contribution is -0.139. The molecule has 1 saturated carbocycles. The van der Waals surface area contributed by atoms with Crippen molar-refractivity contribution in [2.75, 3.05) is 11.9 Å². The minimum absolute atomic E-state index is 0.0538. The van der Waals surface area contributed by atoms with Crippen molar-refractivity contribution >= 4 is 23.4 Å². The van der Waals surface area contributed by atoms with Crippen LogP contribution in [0.1, 0.15) is 60.1 Å². The largest absolute Gasteiger partial charge is 0.405 e. The van der Waals surface area contributed by atoms with Crippen molar-refractivity contribution in [2.45, 2.75) is 63.6 Å². The van der Waals surface area contributed by atoms with E-state index in [1.165, 1.54) is 43.9 Å². The van der Waals surface area contributed by atoms with Crippen molar-refractivity contribution in [2.24, 2.45) is 13.0 Å². The molecule has 1 heterocycles. The predicted molar refractivity (Wildman–Crippen MR) is 129 cm³/mol. The minimum atomic E-state index is -4.61. The lowest BCUT2D eigenvalue weighted by atomic mass is 9.81. The molecular weight excluding hydrogens is 532 g/mol. The van der Waals surface area contributed by atoms with Crippen LogP contribution in [0.15, 0.2) is 24.4 Å². The highest BCUT2D eigenvalue weighted by Gasteiger charge is 2.41. The molecule has 0 spiro atoms. The summed E-state index contributed by atoms with van der Waals surface area (Å²) in [6.45, 7) is 1.27. The number of anilines is 1. The van der Waals surface area contributed by atoms with Crippen LogP contribution in [0.3, 0.4) is 0 Å². The van der Waals surface area contributed by atoms with Gasteiger partial charge in [0.2, 0.25) is 17.7 Å². The zero-order chi connectivity index (χ0) is 29.1. The zero-order valence-corrected chi connectivity index (χ0v) is 21.5. The van der Waals surface area contributed by atoms with E-state index < -0.39 is 72.9 Å². The van der Waals surface area contributed by atoms with E-state index in [0.29, 0.717) is 5.56 Å². The molecule has 39 heavy (non-hydrogen) atoms. The second-order valence-corrected chi connectivity index (χ2v) is 9.72. The summed E-state index contributed by atoms with van der Waals surface area (Å²) in [5.74, 6) is -8.08. The molecular formula is C25H29F6N5O3. The third-order valence-electron chi connectivity index (χ3n) is 6.79. The van der Waals surface area contributed by atoms with Crippen molar-refractivity contribution in [1.29, 1.82) is 0 Å². The predicted octanol–water partition coefficient (Wildman–Crippen LogP) is 4.21. The Morgan fingerprint density at radius 2 is 1.79 bits per heavy atom. The number of rotatable bonds is 8. The molecule has 3 rings (SSSR count). The van der Waals surface area contributed by atoms with Crippen molar-refractivity contribution in [3.63, 3.8) is 0 Å². The molecule has 0 bridgehead atoms. The number of nitrogens with one attached hydrogen (secondary N) is 3. The summed E-state index contributed by atoms with van der Waals surface area (Å²) >= 11 is 0. The van der Waals surface area contributed by atoms with Crippen LogP contribution >= 0.6 is 0 Å². The van der Waals surface area contributed by atoms with Crippen LogP contribution in [-0.2, 0) is 16.6 Å². The van der Waals surface area contributed by atoms with Crippen molar-refractivity contribution in [3.8, 4) is 0 Å². The maximum absolute atomic E-state index is 15.0. The van der Waals surface area contributed by atoms with E-state index in [4.69, 9.17) is 0 Å². The first-order chi connectivity index (χ1) is 18.1. The third-order valence-corrected chi connectivity index (χ3v) is 6.79. The average Bonchev–Trinajstić information content (AvgIpc) is 3.28. The molecule has 8 nitrogen and oxygen atoms in total. The summed E-state index contributed by atoms with van der Waals surface area (Å²) in [6.07, 6.45) is -4.29. The normalized spacial score (nSPS) is 17.3. The Kier molecular flexibility index (Phi) is 8.96. The summed E-state index contributed by atoms with van der Waals surface area (Å²) in [5.41, 5.74) is 0.248. The Hall–Kier alpha value is -3.58. The van der Waals surface area contributed by atoms with Gasteiger partial charge in [0.05, 0.1) is 11.6 Å². The zero-order valence-electron chi connectivity index (χ0n) is 21.5. The van der Waals surface area contributed by atoms with E-state index >= 15 is 4.39 Å². The number of hydrogen-bond acceptors (Lipinski definition) is 4. The van der Waals surface area contributed by atoms with Gasteiger partial charge < -0.3 is 16.0 Å².